The van der Waals surface area contributed by atoms with Gasteiger partial charge in [0.1, 0.15) is 5.82 Å². The molecule has 1 aliphatic carbocycles. The van der Waals surface area contributed by atoms with E-state index in [1.807, 2.05) is 25.1 Å². The Hall–Kier alpha value is -2.63. The van der Waals surface area contributed by atoms with Crippen LogP contribution in [0.1, 0.15) is 55.6 Å². The highest BCUT2D eigenvalue weighted by Crippen LogP contribution is 2.23. The van der Waals surface area contributed by atoms with E-state index in [2.05, 4.69) is 45.6 Å². The first-order chi connectivity index (χ1) is 13.1. The summed E-state index contributed by atoms with van der Waals surface area (Å²) in [5, 5.41) is 14.6. The fourth-order valence-corrected chi connectivity index (χ4v) is 3.57. The van der Waals surface area contributed by atoms with Crippen molar-refractivity contribution in [1.82, 2.24) is 10.2 Å². The predicted molar refractivity (Wildman–Crippen MR) is 111 cm³/mol. The van der Waals surface area contributed by atoms with Crippen molar-refractivity contribution in [2.75, 3.05) is 28.6 Å². The molecule has 0 radical (unpaired) electrons. The number of nitrogens with one attached hydrogen (secondary N) is 2. The summed E-state index contributed by atoms with van der Waals surface area (Å²) in [6.45, 7) is 8.19. The molecule has 0 aliphatic heterocycles. The van der Waals surface area contributed by atoms with Gasteiger partial charge in [-0.25, -0.2) is 0 Å². The molecule has 2 N–H and O–H groups in total. The van der Waals surface area contributed by atoms with Crippen molar-refractivity contribution in [1.29, 1.82) is 0 Å². The van der Waals surface area contributed by atoms with Gasteiger partial charge in [-0.05, 0) is 69.5 Å². The van der Waals surface area contributed by atoms with Crippen LogP contribution >= 0.6 is 0 Å². The molecule has 144 valence electrons. The lowest BCUT2D eigenvalue weighted by atomic mass is 10.1. The van der Waals surface area contributed by atoms with E-state index in [-0.39, 0.29) is 5.91 Å². The van der Waals surface area contributed by atoms with Crippen molar-refractivity contribution in [3.63, 3.8) is 0 Å². The molecule has 2 aromatic rings. The Morgan fingerprint density at radius 1 is 1.11 bits per heavy atom. The molecule has 6 nitrogen and oxygen atoms in total. The average molecular weight is 367 g/mol. The molecule has 1 aromatic carbocycles. The van der Waals surface area contributed by atoms with Gasteiger partial charge < -0.3 is 15.5 Å². The van der Waals surface area contributed by atoms with E-state index in [0.717, 1.165) is 35.8 Å². The maximum absolute atomic E-state index is 12.5. The van der Waals surface area contributed by atoms with Gasteiger partial charge in [0.15, 0.2) is 5.69 Å². The minimum atomic E-state index is -0.242. The van der Waals surface area contributed by atoms with Gasteiger partial charge in [-0.15, -0.1) is 10.2 Å². The zero-order valence-corrected chi connectivity index (χ0v) is 16.5. The number of rotatable bonds is 7. The number of benzene rings is 1. The number of nitrogens with zero attached hydrogens (tertiary/aromatic N) is 3. The van der Waals surface area contributed by atoms with Crippen LogP contribution in [0.25, 0.3) is 0 Å². The number of aromatic nitrogens is 2. The molecule has 0 saturated heterocycles. The van der Waals surface area contributed by atoms with E-state index in [0.29, 0.717) is 11.7 Å². The monoisotopic (exact) mass is 367 g/mol. The molecule has 0 atom stereocenters. The Morgan fingerprint density at radius 3 is 2.44 bits per heavy atom. The van der Waals surface area contributed by atoms with Crippen LogP contribution in [0, 0.1) is 6.92 Å². The van der Waals surface area contributed by atoms with Gasteiger partial charge in [0.25, 0.3) is 5.91 Å². The molecule has 1 aromatic heterocycles. The third kappa shape index (κ3) is 4.76. The van der Waals surface area contributed by atoms with Crippen LogP contribution in [0.2, 0.25) is 0 Å². The second kappa shape index (κ2) is 8.84. The van der Waals surface area contributed by atoms with E-state index < -0.39 is 0 Å². The predicted octanol–water partition coefficient (Wildman–Crippen LogP) is 4.24. The third-order valence-electron chi connectivity index (χ3n) is 5.19. The van der Waals surface area contributed by atoms with Gasteiger partial charge in [0.2, 0.25) is 0 Å². The Bertz CT molecular complexity index is 765. The molecule has 0 spiro atoms. The van der Waals surface area contributed by atoms with Crippen molar-refractivity contribution in [2.24, 2.45) is 0 Å². The standard InChI is InChI=1S/C21H29N5O/c1-4-26(5-2)17-10-11-18(15(3)14-17)23-21(27)19-12-13-20(25-24-19)22-16-8-6-7-9-16/h10-14,16H,4-9H2,1-3H3,(H,22,25)(H,23,27). The normalized spacial score (nSPS) is 14.2. The Morgan fingerprint density at radius 2 is 1.85 bits per heavy atom. The molecule has 27 heavy (non-hydrogen) atoms. The smallest absolute Gasteiger partial charge is 0.276 e. The first-order valence-corrected chi connectivity index (χ1v) is 9.88. The zero-order valence-electron chi connectivity index (χ0n) is 16.5. The largest absolute Gasteiger partial charge is 0.372 e. The van der Waals surface area contributed by atoms with Crippen LogP contribution < -0.4 is 15.5 Å². The topological polar surface area (TPSA) is 70.2 Å². The van der Waals surface area contributed by atoms with Gasteiger partial charge >= 0.3 is 0 Å². The van der Waals surface area contributed by atoms with Crippen LogP contribution in [0.3, 0.4) is 0 Å². The van der Waals surface area contributed by atoms with Crippen LogP contribution in [0.5, 0.6) is 0 Å². The summed E-state index contributed by atoms with van der Waals surface area (Å²) in [4.78, 5) is 14.8. The summed E-state index contributed by atoms with van der Waals surface area (Å²) in [6, 6.07) is 10.1. The maximum Gasteiger partial charge on any atom is 0.276 e. The molecular weight excluding hydrogens is 338 g/mol. The highest BCUT2D eigenvalue weighted by molar-refractivity contribution is 6.03. The van der Waals surface area contributed by atoms with Crippen LogP contribution in [-0.2, 0) is 0 Å². The van der Waals surface area contributed by atoms with E-state index in [1.165, 1.54) is 25.7 Å². The molecule has 3 rings (SSSR count). The zero-order chi connectivity index (χ0) is 19.2. The fraction of sp³-hybridized carbons (Fsp3) is 0.476. The molecule has 1 fully saturated rings. The summed E-state index contributed by atoms with van der Waals surface area (Å²) in [6.07, 6.45) is 4.87. The number of carbonyl (C=O) groups excluding carboxylic acids is 1. The molecule has 6 heteroatoms. The van der Waals surface area contributed by atoms with Gasteiger partial charge in [-0.3, -0.25) is 4.79 Å². The lowest BCUT2D eigenvalue weighted by molar-refractivity contribution is 0.102. The summed E-state index contributed by atoms with van der Waals surface area (Å²) in [7, 11) is 0. The summed E-state index contributed by atoms with van der Waals surface area (Å²) < 4.78 is 0. The highest BCUT2D eigenvalue weighted by atomic mass is 16.1. The number of hydrogen-bond acceptors (Lipinski definition) is 5. The van der Waals surface area contributed by atoms with Gasteiger partial charge in [0.05, 0.1) is 0 Å². The fourth-order valence-electron chi connectivity index (χ4n) is 3.57. The number of anilines is 3. The van der Waals surface area contributed by atoms with Gasteiger partial charge in [0, 0.05) is 30.5 Å². The van der Waals surface area contributed by atoms with Crippen molar-refractivity contribution >= 4 is 23.1 Å². The quantitative estimate of drug-likeness (QED) is 0.766. The van der Waals surface area contributed by atoms with E-state index in [1.54, 1.807) is 6.07 Å². The number of hydrogen-bond donors (Lipinski definition) is 2. The maximum atomic E-state index is 12.5. The van der Waals surface area contributed by atoms with Crippen molar-refractivity contribution < 1.29 is 4.79 Å². The van der Waals surface area contributed by atoms with Gasteiger partial charge in [-0.1, -0.05) is 12.8 Å². The minimum Gasteiger partial charge on any atom is -0.372 e. The SMILES string of the molecule is CCN(CC)c1ccc(NC(=O)c2ccc(NC3CCCC3)nn2)c(C)c1. The lowest BCUT2D eigenvalue weighted by Gasteiger charge is -2.22. The van der Waals surface area contributed by atoms with E-state index in [9.17, 15) is 4.79 Å². The lowest BCUT2D eigenvalue weighted by Crippen LogP contribution is -2.22. The van der Waals surface area contributed by atoms with E-state index >= 15 is 0 Å². The van der Waals surface area contributed by atoms with Crippen LogP contribution in [0.15, 0.2) is 30.3 Å². The minimum absolute atomic E-state index is 0.242. The van der Waals surface area contributed by atoms with Crippen LogP contribution in [-0.4, -0.2) is 35.2 Å². The molecule has 1 amide bonds. The molecule has 0 bridgehead atoms. The van der Waals surface area contributed by atoms with Crippen molar-refractivity contribution in [3.05, 3.63) is 41.6 Å². The summed E-state index contributed by atoms with van der Waals surface area (Å²) in [5.74, 6) is 0.492. The second-order valence-electron chi connectivity index (χ2n) is 7.06. The number of aryl methyl sites for hydroxylation is 1. The molecule has 0 unspecified atom stereocenters. The third-order valence-corrected chi connectivity index (χ3v) is 5.19. The molecule has 1 heterocycles. The number of carbonyl (C=O) groups is 1. The van der Waals surface area contributed by atoms with E-state index in [4.69, 9.17) is 0 Å². The summed E-state index contributed by atoms with van der Waals surface area (Å²) in [5.41, 5.74) is 3.31. The van der Waals surface area contributed by atoms with Crippen molar-refractivity contribution in [3.8, 4) is 0 Å². The highest BCUT2D eigenvalue weighted by Gasteiger charge is 2.16. The Labute approximate surface area is 161 Å². The van der Waals surface area contributed by atoms with Crippen LogP contribution in [0.4, 0.5) is 17.2 Å². The molecule has 1 aliphatic rings. The molecule has 1 saturated carbocycles. The summed E-state index contributed by atoms with van der Waals surface area (Å²) >= 11 is 0. The average Bonchev–Trinajstić information content (AvgIpc) is 3.18. The number of amides is 1. The van der Waals surface area contributed by atoms with Gasteiger partial charge in [-0.2, -0.15) is 0 Å². The molecular formula is C21H29N5O. The first kappa shape index (κ1) is 19.1. The Kier molecular flexibility index (Phi) is 6.27. The first-order valence-electron chi connectivity index (χ1n) is 9.88. The van der Waals surface area contributed by atoms with Crippen molar-refractivity contribution in [2.45, 2.75) is 52.5 Å². The Balaban J connectivity index is 1.64. The second-order valence-corrected chi connectivity index (χ2v) is 7.06.